The highest BCUT2D eigenvalue weighted by Gasteiger charge is 2.68. The van der Waals surface area contributed by atoms with Gasteiger partial charge in [-0.1, -0.05) is 51.5 Å². The fourth-order valence-electron chi connectivity index (χ4n) is 12.3. The number of amides is 2. The first-order valence-corrected chi connectivity index (χ1v) is 19.9. The Hall–Kier alpha value is -2.12. The third-order valence-corrected chi connectivity index (χ3v) is 15.2. The second-order valence-electron chi connectivity index (χ2n) is 18.0. The van der Waals surface area contributed by atoms with Gasteiger partial charge in [-0.15, -0.1) is 0 Å². The Morgan fingerprint density at radius 3 is 2.56 bits per heavy atom. The maximum absolute atomic E-state index is 13.3. The maximum Gasteiger partial charge on any atom is 0.315 e. The number of fused-ring (bicyclic) bond motifs is 7. The number of hydrogen-bond donors (Lipinski definition) is 5. The lowest BCUT2D eigenvalue weighted by Crippen LogP contribution is -2.66. The zero-order chi connectivity index (χ0) is 36.6. The van der Waals surface area contributed by atoms with E-state index in [1.807, 2.05) is 0 Å². The van der Waals surface area contributed by atoms with E-state index in [9.17, 15) is 24.5 Å². The van der Waals surface area contributed by atoms with Crippen molar-refractivity contribution >= 4 is 6.03 Å². The molecule has 6 fully saturated rings. The molecule has 0 aromatic heterocycles. The molecule has 0 bridgehead atoms. The minimum atomic E-state index is -1.42. The van der Waals surface area contributed by atoms with Crippen molar-refractivity contribution in [3.05, 3.63) is 47.3 Å². The minimum Gasteiger partial charge on any atom is -0.394 e. The first kappa shape index (κ1) is 36.8. The second kappa shape index (κ2) is 13.9. The first-order chi connectivity index (χ1) is 24.8. The van der Waals surface area contributed by atoms with Gasteiger partial charge in [0, 0.05) is 18.9 Å². The number of carbonyl (C=O) groups excluding carboxylic acids is 1. The average Bonchev–Trinajstić information content (AvgIpc) is 3.58. The van der Waals surface area contributed by atoms with Gasteiger partial charge in [0.15, 0.2) is 12.1 Å². The average molecular weight is 727 g/mol. The normalized spacial score (nSPS) is 48.2. The van der Waals surface area contributed by atoms with Crippen LogP contribution in [0.3, 0.4) is 0 Å². The van der Waals surface area contributed by atoms with E-state index in [2.05, 4.69) is 44.4 Å². The summed E-state index contributed by atoms with van der Waals surface area (Å²) in [5.74, 6) is 2.63. The first-order valence-electron chi connectivity index (χ1n) is 19.9. The summed E-state index contributed by atoms with van der Waals surface area (Å²) in [6, 6.07) is 4.14. The van der Waals surface area contributed by atoms with Gasteiger partial charge in [0.1, 0.15) is 30.2 Å². The fourth-order valence-corrected chi connectivity index (χ4v) is 12.3. The summed E-state index contributed by atoms with van der Waals surface area (Å²) in [5, 5.41) is 37.1. The molecule has 0 unspecified atom stereocenters. The number of aliphatic hydroxyl groups excluding tert-OH is 3. The van der Waals surface area contributed by atoms with Gasteiger partial charge >= 0.3 is 6.03 Å². The van der Waals surface area contributed by atoms with Gasteiger partial charge in [-0.2, -0.15) is 0 Å². The SMILES string of the molecule is C[C@@H]1CC[C@@]2(OC1)O[C@H]1C[C@H]3[C@@H]4CC=C5C[C@@H](O[C@@H]6O[C@H](CO)[C@@H](O)[C@H](O)[C@H]6NC(=O)NCc6ccc(F)cc6)CC[C@]5(C)[C@H]4CC[C@]3(C)[C@H]1[C@@H]2C. The smallest absolute Gasteiger partial charge is 0.315 e. The van der Waals surface area contributed by atoms with E-state index in [1.54, 1.807) is 12.1 Å². The number of aliphatic hydroxyl groups is 3. The summed E-state index contributed by atoms with van der Waals surface area (Å²) in [6.45, 7) is 10.1. The Kier molecular flexibility index (Phi) is 9.83. The van der Waals surface area contributed by atoms with Crippen LogP contribution < -0.4 is 10.6 Å². The Morgan fingerprint density at radius 2 is 1.83 bits per heavy atom. The molecule has 10 nitrogen and oxygen atoms in total. The molecule has 1 aromatic carbocycles. The molecule has 52 heavy (non-hydrogen) atoms. The molecular weight excluding hydrogens is 667 g/mol. The van der Waals surface area contributed by atoms with Crippen LogP contribution in [0.25, 0.3) is 0 Å². The third kappa shape index (κ3) is 6.14. The molecule has 11 heteroatoms. The molecule has 8 rings (SSSR count). The van der Waals surface area contributed by atoms with Crippen molar-refractivity contribution in [2.75, 3.05) is 13.2 Å². The van der Waals surface area contributed by atoms with Crippen LogP contribution in [0.2, 0.25) is 0 Å². The van der Waals surface area contributed by atoms with Crippen LogP contribution >= 0.6 is 0 Å². The highest BCUT2D eigenvalue weighted by molar-refractivity contribution is 5.74. The minimum absolute atomic E-state index is 0.0762. The van der Waals surface area contributed by atoms with Gasteiger partial charge in [0.25, 0.3) is 0 Å². The molecule has 1 aromatic rings. The molecule has 1 spiro atoms. The number of allylic oxidation sites excluding steroid dienone is 1. The third-order valence-electron chi connectivity index (χ3n) is 15.2. The summed E-state index contributed by atoms with van der Waals surface area (Å²) in [7, 11) is 0. The van der Waals surface area contributed by atoms with Crippen molar-refractivity contribution in [1.82, 2.24) is 10.6 Å². The van der Waals surface area contributed by atoms with E-state index < -0.39 is 49.1 Å². The van der Waals surface area contributed by atoms with E-state index in [0.717, 1.165) is 45.1 Å². The Bertz CT molecular complexity index is 1500. The lowest BCUT2D eigenvalue weighted by Gasteiger charge is -2.58. The van der Waals surface area contributed by atoms with E-state index in [0.29, 0.717) is 41.1 Å². The molecule has 3 aliphatic heterocycles. The standard InChI is InChI=1S/C41H59FN2O8/c1-22-11-16-41(49-21-22)23(2)33-31(52-41)18-30-28-10-7-25-17-27(12-14-39(25,3)29(28)13-15-40(30,33)4)50-37-34(36(47)35(46)32(20-45)51-37)44-38(48)43-19-24-5-8-26(42)9-6-24/h5-9,22-23,27-37,45-47H,10-21H2,1-4H3,(H2,43,44,48)/t22-,23+,27+,28-,29+,30+,31+,32-,33+,34-,35-,36-,37-,39+,40+,41-/m1/s1. The van der Waals surface area contributed by atoms with Gasteiger partial charge in [0.05, 0.1) is 25.4 Å². The molecule has 288 valence electrons. The molecule has 3 saturated heterocycles. The van der Waals surface area contributed by atoms with Crippen molar-refractivity contribution in [1.29, 1.82) is 0 Å². The number of halogens is 1. The van der Waals surface area contributed by atoms with Crippen LogP contribution in [0.15, 0.2) is 35.9 Å². The van der Waals surface area contributed by atoms with Crippen molar-refractivity contribution in [3.8, 4) is 0 Å². The van der Waals surface area contributed by atoms with Crippen LogP contribution in [0.4, 0.5) is 9.18 Å². The summed E-state index contributed by atoms with van der Waals surface area (Å²) < 4.78 is 39.4. The van der Waals surface area contributed by atoms with Crippen molar-refractivity contribution < 1.29 is 43.5 Å². The Labute approximate surface area is 307 Å². The van der Waals surface area contributed by atoms with E-state index >= 15 is 0 Å². The van der Waals surface area contributed by atoms with Gasteiger partial charge in [-0.05, 0) is 109 Å². The monoisotopic (exact) mass is 726 g/mol. The Morgan fingerprint density at radius 1 is 1.04 bits per heavy atom. The lowest BCUT2D eigenvalue weighted by molar-refractivity contribution is -0.283. The highest BCUT2D eigenvalue weighted by atomic mass is 19.1. The number of urea groups is 1. The Balaban J connectivity index is 0.935. The highest BCUT2D eigenvalue weighted by Crippen LogP contribution is 2.70. The summed E-state index contributed by atoms with van der Waals surface area (Å²) in [6.07, 6.45) is 6.90. The largest absolute Gasteiger partial charge is 0.394 e. The lowest BCUT2D eigenvalue weighted by atomic mass is 9.47. The van der Waals surface area contributed by atoms with Crippen LogP contribution in [0.1, 0.15) is 91.0 Å². The number of ether oxygens (including phenoxy) is 4. The zero-order valence-corrected chi connectivity index (χ0v) is 31.1. The molecule has 16 atom stereocenters. The molecule has 3 saturated carbocycles. The van der Waals surface area contributed by atoms with Gasteiger partial charge in [-0.3, -0.25) is 0 Å². The van der Waals surface area contributed by atoms with Gasteiger partial charge in [-0.25, -0.2) is 9.18 Å². The molecule has 7 aliphatic rings. The van der Waals surface area contributed by atoms with Gasteiger partial charge < -0.3 is 44.9 Å². The molecule has 0 radical (unpaired) electrons. The summed E-state index contributed by atoms with van der Waals surface area (Å²) in [4.78, 5) is 13.0. The second-order valence-corrected chi connectivity index (χ2v) is 18.0. The van der Waals surface area contributed by atoms with Crippen molar-refractivity contribution in [2.45, 2.75) is 141 Å². The molecule has 3 heterocycles. The summed E-state index contributed by atoms with van der Waals surface area (Å²) in [5.41, 5.74) is 2.46. The van der Waals surface area contributed by atoms with E-state index in [-0.39, 0.29) is 35.4 Å². The zero-order valence-electron chi connectivity index (χ0n) is 31.1. The topological polar surface area (TPSA) is 139 Å². The van der Waals surface area contributed by atoms with Gasteiger partial charge in [0.2, 0.25) is 0 Å². The molecular formula is C41H59FN2O8. The van der Waals surface area contributed by atoms with Crippen LogP contribution in [-0.4, -0.2) is 83.2 Å². The summed E-state index contributed by atoms with van der Waals surface area (Å²) >= 11 is 0. The van der Waals surface area contributed by atoms with Crippen LogP contribution in [0, 0.1) is 52.2 Å². The van der Waals surface area contributed by atoms with Crippen LogP contribution in [0.5, 0.6) is 0 Å². The quantitative estimate of drug-likeness (QED) is 0.253. The number of benzene rings is 1. The van der Waals surface area contributed by atoms with E-state index in [4.69, 9.17) is 18.9 Å². The van der Waals surface area contributed by atoms with Crippen molar-refractivity contribution in [3.63, 3.8) is 0 Å². The maximum atomic E-state index is 13.3. The fraction of sp³-hybridized carbons (Fsp3) is 0.780. The van der Waals surface area contributed by atoms with Crippen molar-refractivity contribution in [2.24, 2.45) is 46.3 Å². The molecule has 5 N–H and O–H groups in total. The number of carbonyl (C=O) groups is 1. The van der Waals surface area contributed by atoms with Crippen LogP contribution in [-0.2, 0) is 25.5 Å². The predicted octanol–water partition coefficient (Wildman–Crippen LogP) is 5.18. The number of nitrogens with one attached hydrogen (secondary N) is 2. The number of rotatable bonds is 6. The predicted molar refractivity (Wildman–Crippen MR) is 190 cm³/mol. The number of hydrogen-bond acceptors (Lipinski definition) is 8. The van der Waals surface area contributed by atoms with E-state index in [1.165, 1.54) is 37.0 Å². The molecule has 4 aliphatic carbocycles. The molecule has 2 amide bonds.